The molecule has 1 N–H and O–H groups in total. The fraction of sp³-hybridized carbons (Fsp3) is 0.143. The van der Waals surface area contributed by atoms with Crippen molar-refractivity contribution < 1.29 is 24.0 Å². The molecule has 0 radical (unpaired) electrons. The van der Waals surface area contributed by atoms with E-state index in [0.29, 0.717) is 35.8 Å². The van der Waals surface area contributed by atoms with Gasteiger partial charge in [0.05, 0.1) is 17.2 Å². The fourth-order valence-electron chi connectivity index (χ4n) is 3.85. The Labute approximate surface area is 213 Å². The minimum absolute atomic E-state index is 0.000168. The Balaban J connectivity index is 1.64. The van der Waals surface area contributed by atoms with E-state index in [1.54, 1.807) is 48.5 Å². The van der Waals surface area contributed by atoms with Crippen molar-refractivity contribution in [3.8, 4) is 11.5 Å². The van der Waals surface area contributed by atoms with E-state index < -0.39 is 16.7 Å². The predicted octanol–water partition coefficient (Wildman–Crippen LogP) is 4.76. The first kappa shape index (κ1) is 25.2. The minimum atomic E-state index is -0.504. The molecule has 9 nitrogen and oxygen atoms in total. The van der Waals surface area contributed by atoms with Crippen molar-refractivity contribution in [2.24, 2.45) is 0 Å². The number of hydrazine groups is 1. The van der Waals surface area contributed by atoms with Crippen LogP contribution in [0.3, 0.4) is 0 Å². The van der Waals surface area contributed by atoms with Crippen molar-refractivity contribution >= 4 is 29.3 Å². The van der Waals surface area contributed by atoms with Crippen LogP contribution in [-0.4, -0.2) is 23.3 Å². The number of anilines is 1. The smallest absolute Gasteiger partial charge is 0.282 e. The largest absolute Gasteiger partial charge is 0.490 e. The standard InChI is InChI=1S/C28H25N3O6/c1-3-8-21-15-20(16-24-27(32)29-30(28(24)33)22-9-6-5-7-10-22)17-25(36-4-2)26(21)37-18-19-11-13-23(14-12-19)31(34)35/h3,5-7,9-17H,1,4,8,18H2,2H3,(H,29,32)/b24-16-. The van der Waals surface area contributed by atoms with Crippen LogP contribution in [-0.2, 0) is 22.6 Å². The van der Waals surface area contributed by atoms with Crippen molar-refractivity contribution in [2.45, 2.75) is 20.0 Å². The molecule has 1 heterocycles. The van der Waals surface area contributed by atoms with Gasteiger partial charge in [-0.3, -0.25) is 25.1 Å². The second-order valence-electron chi connectivity index (χ2n) is 8.12. The maximum Gasteiger partial charge on any atom is 0.282 e. The number of non-ortho nitro benzene ring substituents is 1. The van der Waals surface area contributed by atoms with E-state index in [0.717, 1.165) is 11.1 Å². The van der Waals surface area contributed by atoms with Crippen LogP contribution in [0.4, 0.5) is 11.4 Å². The van der Waals surface area contributed by atoms with Crippen LogP contribution in [0.5, 0.6) is 11.5 Å². The van der Waals surface area contributed by atoms with E-state index in [-0.39, 0.29) is 17.9 Å². The lowest BCUT2D eigenvalue weighted by atomic mass is 10.0. The lowest BCUT2D eigenvalue weighted by Crippen LogP contribution is -2.35. The number of ether oxygens (including phenoxy) is 2. The molecular formula is C28H25N3O6. The minimum Gasteiger partial charge on any atom is -0.490 e. The van der Waals surface area contributed by atoms with Gasteiger partial charge >= 0.3 is 0 Å². The van der Waals surface area contributed by atoms with Gasteiger partial charge in [0.15, 0.2) is 11.5 Å². The molecule has 4 rings (SSSR count). The molecule has 0 bridgehead atoms. The van der Waals surface area contributed by atoms with E-state index in [2.05, 4.69) is 12.0 Å². The lowest BCUT2D eigenvalue weighted by Gasteiger charge is -2.17. The molecule has 0 aromatic heterocycles. The number of para-hydroxylation sites is 1. The summed E-state index contributed by atoms with van der Waals surface area (Å²) in [4.78, 5) is 36.1. The number of allylic oxidation sites excluding steroid dienone is 1. The Morgan fingerprint density at radius 3 is 2.43 bits per heavy atom. The molecule has 9 heteroatoms. The number of nitro groups is 1. The first-order valence-electron chi connectivity index (χ1n) is 11.6. The average Bonchev–Trinajstić information content (AvgIpc) is 3.17. The fourth-order valence-corrected chi connectivity index (χ4v) is 3.85. The monoisotopic (exact) mass is 499 g/mol. The number of rotatable bonds is 10. The zero-order chi connectivity index (χ0) is 26.4. The molecule has 3 aromatic carbocycles. The van der Waals surface area contributed by atoms with Crippen LogP contribution >= 0.6 is 0 Å². The average molecular weight is 500 g/mol. The SMILES string of the molecule is C=CCc1cc(/C=C2/C(=O)NN(c3ccccc3)C2=O)cc(OCC)c1OCc1ccc([N+](=O)[O-])cc1. The van der Waals surface area contributed by atoms with Gasteiger partial charge in [0.2, 0.25) is 0 Å². The third kappa shape index (κ3) is 5.67. The van der Waals surface area contributed by atoms with Crippen LogP contribution in [0, 0.1) is 10.1 Å². The Bertz CT molecular complexity index is 1370. The number of nitro benzene ring substituents is 1. The van der Waals surface area contributed by atoms with Crippen LogP contribution in [0.15, 0.2) is 85.0 Å². The quantitative estimate of drug-likeness (QED) is 0.142. The van der Waals surface area contributed by atoms with Crippen LogP contribution < -0.4 is 19.9 Å². The van der Waals surface area contributed by atoms with E-state index in [1.165, 1.54) is 23.2 Å². The Kier molecular flexibility index (Phi) is 7.63. The first-order valence-corrected chi connectivity index (χ1v) is 11.6. The highest BCUT2D eigenvalue weighted by atomic mass is 16.6. The van der Waals surface area contributed by atoms with Gasteiger partial charge < -0.3 is 9.47 Å². The summed E-state index contributed by atoms with van der Waals surface area (Å²) in [6, 6.07) is 18.5. The van der Waals surface area contributed by atoms with Crippen molar-refractivity contribution in [3.05, 3.63) is 112 Å². The number of hydrogen-bond donors (Lipinski definition) is 1. The van der Waals surface area contributed by atoms with Crippen LogP contribution in [0.1, 0.15) is 23.6 Å². The molecule has 37 heavy (non-hydrogen) atoms. The van der Waals surface area contributed by atoms with Gasteiger partial charge in [0.1, 0.15) is 12.2 Å². The summed E-state index contributed by atoms with van der Waals surface area (Å²) >= 11 is 0. The summed E-state index contributed by atoms with van der Waals surface area (Å²) in [5.74, 6) is -0.0229. The number of nitrogens with one attached hydrogen (secondary N) is 1. The van der Waals surface area contributed by atoms with Crippen LogP contribution in [0.25, 0.3) is 6.08 Å². The summed E-state index contributed by atoms with van der Waals surface area (Å²) in [5.41, 5.74) is 5.24. The maximum atomic E-state index is 13.0. The van der Waals surface area contributed by atoms with Gasteiger partial charge in [-0.25, -0.2) is 5.01 Å². The molecule has 0 atom stereocenters. The normalized spacial score (nSPS) is 14.0. The molecule has 188 valence electrons. The molecule has 1 fully saturated rings. The highest BCUT2D eigenvalue weighted by Crippen LogP contribution is 2.36. The topological polar surface area (TPSA) is 111 Å². The third-order valence-electron chi connectivity index (χ3n) is 5.57. The molecule has 1 aliphatic rings. The molecule has 3 aromatic rings. The summed E-state index contributed by atoms with van der Waals surface area (Å²) < 4.78 is 11.9. The van der Waals surface area contributed by atoms with Gasteiger partial charge in [0.25, 0.3) is 17.5 Å². The Morgan fingerprint density at radius 1 is 1.05 bits per heavy atom. The summed E-state index contributed by atoms with van der Waals surface area (Å²) in [6.07, 6.45) is 3.68. The second kappa shape index (κ2) is 11.2. The molecular weight excluding hydrogens is 474 g/mol. The molecule has 1 aliphatic heterocycles. The number of nitrogens with zero attached hydrogens (tertiary/aromatic N) is 2. The predicted molar refractivity (Wildman–Crippen MR) is 139 cm³/mol. The van der Waals surface area contributed by atoms with E-state index in [1.807, 2.05) is 19.1 Å². The number of carbonyl (C=O) groups excluding carboxylic acids is 2. The zero-order valence-electron chi connectivity index (χ0n) is 20.2. The number of hydrogen-bond acceptors (Lipinski definition) is 6. The summed E-state index contributed by atoms with van der Waals surface area (Å²) in [6.45, 7) is 6.18. The van der Waals surface area contributed by atoms with Crippen LogP contribution in [0.2, 0.25) is 0 Å². The summed E-state index contributed by atoms with van der Waals surface area (Å²) in [5, 5.41) is 12.1. The molecule has 0 unspecified atom stereocenters. The highest BCUT2D eigenvalue weighted by molar-refractivity contribution is 6.31. The summed E-state index contributed by atoms with van der Waals surface area (Å²) in [7, 11) is 0. The molecule has 0 aliphatic carbocycles. The number of carbonyl (C=O) groups is 2. The number of amides is 2. The highest BCUT2D eigenvalue weighted by Gasteiger charge is 2.34. The number of benzene rings is 3. The third-order valence-corrected chi connectivity index (χ3v) is 5.57. The molecule has 0 saturated carbocycles. The van der Waals surface area contributed by atoms with Gasteiger partial charge in [0, 0.05) is 17.7 Å². The van der Waals surface area contributed by atoms with E-state index >= 15 is 0 Å². The molecule has 0 spiro atoms. The van der Waals surface area contributed by atoms with Crippen molar-refractivity contribution in [3.63, 3.8) is 0 Å². The molecule has 1 saturated heterocycles. The van der Waals surface area contributed by atoms with E-state index in [9.17, 15) is 19.7 Å². The maximum absolute atomic E-state index is 13.0. The van der Waals surface area contributed by atoms with Crippen molar-refractivity contribution in [2.75, 3.05) is 11.6 Å². The first-order chi connectivity index (χ1) is 17.9. The van der Waals surface area contributed by atoms with Gasteiger partial charge in [-0.05, 0) is 66.9 Å². The van der Waals surface area contributed by atoms with Gasteiger partial charge in [-0.1, -0.05) is 24.3 Å². The zero-order valence-corrected chi connectivity index (χ0v) is 20.2. The van der Waals surface area contributed by atoms with Gasteiger partial charge in [-0.2, -0.15) is 0 Å². The van der Waals surface area contributed by atoms with Gasteiger partial charge in [-0.15, -0.1) is 6.58 Å². The Hall–Kier alpha value is -4.92. The Morgan fingerprint density at radius 2 is 1.78 bits per heavy atom. The van der Waals surface area contributed by atoms with Crippen molar-refractivity contribution in [1.29, 1.82) is 0 Å². The second-order valence-corrected chi connectivity index (χ2v) is 8.12. The van der Waals surface area contributed by atoms with E-state index in [4.69, 9.17) is 9.47 Å². The lowest BCUT2D eigenvalue weighted by molar-refractivity contribution is -0.384. The van der Waals surface area contributed by atoms with Crippen molar-refractivity contribution in [1.82, 2.24) is 5.43 Å². The molecule has 2 amide bonds.